The van der Waals surface area contributed by atoms with Crippen LogP contribution in [0.3, 0.4) is 0 Å². The molecule has 0 aliphatic carbocycles. The Morgan fingerprint density at radius 2 is 1.72 bits per heavy atom. The summed E-state index contributed by atoms with van der Waals surface area (Å²) in [4.78, 5) is 49.1. The summed E-state index contributed by atoms with van der Waals surface area (Å²) in [5, 5.41) is 22.8. The van der Waals surface area contributed by atoms with E-state index in [1.165, 1.54) is 0 Å². The van der Waals surface area contributed by atoms with Gasteiger partial charge in [0.05, 0.1) is 30.5 Å². The number of rotatable bonds is 6. The molecule has 0 bridgehead atoms. The van der Waals surface area contributed by atoms with Gasteiger partial charge in [0.25, 0.3) is 0 Å². The van der Waals surface area contributed by atoms with Crippen molar-refractivity contribution >= 4 is 41.8 Å². The van der Waals surface area contributed by atoms with Gasteiger partial charge in [0.2, 0.25) is 5.95 Å². The molecule has 2 aromatic rings. The van der Waals surface area contributed by atoms with E-state index in [4.69, 9.17) is 16.3 Å². The third kappa shape index (κ3) is 4.87. The third-order valence-electron chi connectivity index (χ3n) is 6.98. The van der Waals surface area contributed by atoms with Crippen molar-refractivity contribution in [2.75, 3.05) is 17.0 Å². The van der Waals surface area contributed by atoms with Crippen molar-refractivity contribution in [3.63, 3.8) is 0 Å². The number of amides is 2. The maximum absolute atomic E-state index is 12.3. The van der Waals surface area contributed by atoms with Crippen LogP contribution in [0.2, 0.25) is 5.15 Å². The van der Waals surface area contributed by atoms with Crippen molar-refractivity contribution in [3.8, 4) is 5.75 Å². The maximum atomic E-state index is 12.3. The summed E-state index contributed by atoms with van der Waals surface area (Å²) < 4.78 is 5.60. The zero-order valence-electron chi connectivity index (χ0n) is 23.7. The van der Waals surface area contributed by atoms with Gasteiger partial charge < -0.3 is 19.7 Å². The Hall–Kier alpha value is -3.51. The second-order valence-corrected chi connectivity index (χ2v) is 11.8. The number of nitrogens with zero attached hydrogens (tertiary/aromatic N) is 6. The molecule has 0 aromatic carbocycles. The van der Waals surface area contributed by atoms with Crippen LogP contribution >= 0.6 is 11.6 Å². The molecule has 0 fully saturated rings. The number of hydrogen-bond acceptors (Lipinski definition) is 9. The van der Waals surface area contributed by atoms with Crippen LogP contribution in [0.25, 0.3) is 0 Å². The predicted octanol–water partition coefficient (Wildman–Crippen LogP) is 5.18. The highest BCUT2D eigenvalue weighted by Gasteiger charge is 2.61. The molecule has 39 heavy (non-hydrogen) atoms. The predicted molar refractivity (Wildman–Crippen MR) is 145 cm³/mol. The molecule has 1 aliphatic heterocycles. The minimum Gasteiger partial charge on any atom is -0.496 e. The van der Waals surface area contributed by atoms with E-state index in [0.717, 1.165) is 17.4 Å². The van der Waals surface area contributed by atoms with Crippen molar-refractivity contribution < 1.29 is 29.3 Å². The number of carboxylic acid groups (broad SMARTS) is 2. The molecule has 12 nitrogen and oxygen atoms in total. The molecule has 1 atom stereocenters. The fourth-order valence-electron chi connectivity index (χ4n) is 5.47. The molecule has 2 amide bonds. The Morgan fingerprint density at radius 3 is 2.18 bits per heavy atom. The van der Waals surface area contributed by atoms with E-state index in [1.54, 1.807) is 18.3 Å². The monoisotopic (exact) mass is 562 g/mol. The van der Waals surface area contributed by atoms with Crippen molar-refractivity contribution in [1.29, 1.82) is 0 Å². The van der Waals surface area contributed by atoms with Crippen molar-refractivity contribution in [3.05, 3.63) is 33.7 Å². The van der Waals surface area contributed by atoms with Crippen LogP contribution in [0.5, 0.6) is 5.75 Å². The van der Waals surface area contributed by atoms with Gasteiger partial charge >= 0.3 is 12.2 Å². The van der Waals surface area contributed by atoms with Gasteiger partial charge in [-0.2, -0.15) is 9.97 Å². The van der Waals surface area contributed by atoms with E-state index in [0.29, 0.717) is 17.0 Å². The SMILES string of the molecule is COc1c(C)cnc(CN2c3nc(N(C(=O)O)C(=O)O)nc(Cl)c3C(CC=O)(C(C)(C)C)N2C(C)(C)C)c1C. The number of carbonyl (C=O) groups excluding carboxylic acids is 1. The highest BCUT2D eigenvalue weighted by Crippen LogP contribution is 2.59. The molecular weight excluding hydrogens is 528 g/mol. The summed E-state index contributed by atoms with van der Waals surface area (Å²) in [6, 6.07) is 0. The number of hydrazine groups is 1. The minimum atomic E-state index is -1.79. The van der Waals surface area contributed by atoms with Crippen molar-refractivity contribution in [1.82, 2.24) is 20.0 Å². The number of methoxy groups -OCH3 is 1. The number of fused-ring (bicyclic) bond motifs is 1. The Labute approximate surface area is 232 Å². The number of ether oxygens (including phenoxy) is 1. The summed E-state index contributed by atoms with van der Waals surface area (Å²) in [5.41, 5.74) is 0.318. The summed E-state index contributed by atoms with van der Waals surface area (Å²) in [7, 11) is 1.58. The first-order valence-electron chi connectivity index (χ1n) is 12.3. The lowest BCUT2D eigenvalue weighted by Gasteiger charge is -2.54. The number of anilines is 2. The number of aryl methyl sites for hydroxylation is 1. The van der Waals surface area contributed by atoms with E-state index in [2.05, 4.69) is 15.0 Å². The van der Waals surface area contributed by atoms with Gasteiger partial charge in [-0.1, -0.05) is 32.4 Å². The smallest absolute Gasteiger partial charge is 0.424 e. The Balaban J connectivity index is 2.46. The number of aldehydes is 1. The molecule has 0 saturated carbocycles. The lowest BCUT2D eigenvalue weighted by atomic mass is 9.67. The Kier molecular flexibility index (Phi) is 7.88. The summed E-state index contributed by atoms with van der Waals surface area (Å²) in [6.07, 6.45) is -1.07. The maximum Gasteiger partial charge on any atom is 0.424 e. The number of pyridine rings is 1. The zero-order chi connectivity index (χ0) is 29.7. The van der Waals surface area contributed by atoms with E-state index < -0.39 is 34.6 Å². The summed E-state index contributed by atoms with van der Waals surface area (Å²) >= 11 is 6.77. The lowest BCUT2D eigenvalue weighted by molar-refractivity contribution is -0.118. The number of halogens is 1. The fraction of sp³-hybridized carbons (Fsp3) is 0.538. The molecule has 3 rings (SSSR count). The van der Waals surface area contributed by atoms with Gasteiger partial charge in [-0.25, -0.2) is 14.6 Å². The average molecular weight is 563 g/mol. The number of hydrogen-bond donors (Lipinski definition) is 2. The standard InChI is InChI=1S/C26H35ClN6O6/c1-14-12-28-16(15(2)18(14)39-9)13-31-20-17(19(27)29-21(30-20)32(22(35)36)23(37)38)26(10-11-34,24(3,4)5)33(31)25(6,7)8/h11-12H,10,13H2,1-9H3,(H,35,36)(H,37,38). The molecule has 3 heterocycles. The van der Waals surface area contributed by atoms with Crippen molar-refractivity contribution in [2.45, 2.75) is 79.4 Å². The van der Waals surface area contributed by atoms with Gasteiger partial charge in [-0.3, -0.25) is 9.99 Å². The molecule has 0 radical (unpaired) electrons. The Bertz CT molecular complexity index is 1310. The third-order valence-corrected chi connectivity index (χ3v) is 7.26. The van der Waals surface area contributed by atoms with Crippen molar-refractivity contribution in [2.24, 2.45) is 5.41 Å². The average Bonchev–Trinajstić information content (AvgIpc) is 3.07. The van der Waals surface area contributed by atoms with Crippen LogP contribution in [0.1, 0.15) is 70.3 Å². The topological polar surface area (TPSA) is 149 Å². The molecule has 0 spiro atoms. The normalized spacial score (nSPS) is 17.6. The number of aromatic nitrogens is 3. The zero-order valence-corrected chi connectivity index (χ0v) is 24.4. The van der Waals surface area contributed by atoms with Gasteiger partial charge in [0, 0.05) is 29.3 Å². The highest BCUT2D eigenvalue weighted by atomic mass is 35.5. The summed E-state index contributed by atoms with van der Waals surface area (Å²) in [5.74, 6) is 0.227. The first-order valence-corrected chi connectivity index (χ1v) is 12.7. The second-order valence-electron chi connectivity index (χ2n) is 11.5. The van der Waals surface area contributed by atoms with Gasteiger partial charge in [0.15, 0.2) is 5.82 Å². The number of imide groups is 1. The van der Waals surface area contributed by atoms with Gasteiger partial charge in [0.1, 0.15) is 17.2 Å². The molecule has 2 aromatic heterocycles. The van der Waals surface area contributed by atoms with Crippen LogP contribution in [0.4, 0.5) is 21.4 Å². The molecule has 212 valence electrons. The van der Waals surface area contributed by atoms with Gasteiger partial charge in [-0.15, -0.1) is 4.90 Å². The van der Waals surface area contributed by atoms with E-state index in [9.17, 15) is 24.6 Å². The lowest BCUT2D eigenvalue weighted by Crippen LogP contribution is -2.63. The highest BCUT2D eigenvalue weighted by molar-refractivity contribution is 6.31. The molecule has 0 saturated heterocycles. The molecule has 1 unspecified atom stereocenters. The fourth-order valence-corrected chi connectivity index (χ4v) is 5.79. The molecular formula is C26H35ClN6O6. The molecule has 13 heteroatoms. The first kappa shape index (κ1) is 30.0. The first-order chi connectivity index (χ1) is 17.9. The Morgan fingerprint density at radius 1 is 1.13 bits per heavy atom. The van der Waals surface area contributed by atoms with Gasteiger partial charge in [-0.05, 0) is 40.0 Å². The van der Waals surface area contributed by atoms with Crippen LogP contribution in [0.15, 0.2) is 6.20 Å². The van der Waals surface area contributed by atoms with E-state index in [1.807, 2.05) is 60.4 Å². The largest absolute Gasteiger partial charge is 0.496 e. The van der Waals surface area contributed by atoms with E-state index in [-0.39, 0.29) is 28.8 Å². The quantitative estimate of drug-likeness (QED) is 0.354. The second kappa shape index (κ2) is 10.2. The molecule has 1 aliphatic rings. The summed E-state index contributed by atoms with van der Waals surface area (Å²) in [6.45, 7) is 15.7. The van der Waals surface area contributed by atoms with Crippen LogP contribution in [-0.2, 0) is 16.9 Å². The minimum absolute atomic E-state index is 0.000978. The van der Waals surface area contributed by atoms with E-state index >= 15 is 0 Å². The van der Waals surface area contributed by atoms with Crippen LogP contribution in [-0.4, -0.2) is 61.3 Å². The van der Waals surface area contributed by atoms with Crippen LogP contribution in [0, 0.1) is 19.3 Å². The number of carbonyl (C=O) groups is 3. The van der Waals surface area contributed by atoms with Crippen LogP contribution < -0.4 is 14.6 Å². The molecule has 2 N–H and O–H groups in total.